The quantitative estimate of drug-likeness (QED) is 0.154. The van der Waals surface area contributed by atoms with Crippen molar-refractivity contribution in [3.63, 3.8) is 0 Å². The average Bonchev–Trinajstić information content (AvgIpc) is 2.94. The number of hydrogen-bond acceptors (Lipinski definition) is 11. The lowest BCUT2D eigenvalue weighted by atomic mass is 9.87. The van der Waals surface area contributed by atoms with Gasteiger partial charge in [-0.05, 0) is 51.5 Å². The van der Waals surface area contributed by atoms with E-state index in [1.165, 1.54) is 13.0 Å². The number of unbranched alkanes of at least 4 members (excludes halogenated alkanes) is 2. The predicted molar refractivity (Wildman–Crippen MR) is 175 cm³/mol. The molecule has 11 atom stereocenters. The molecule has 0 spiro atoms. The Kier molecular flexibility index (Phi) is 21.1. The van der Waals surface area contributed by atoms with Crippen LogP contribution in [-0.4, -0.2) is 113 Å². The molecule has 1 rings (SSSR count). The summed E-state index contributed by atoms with van der Waals surface area (Å²) < 4.78 is 5.42. The summed E-state index contributed by atoms with van der Waals surface area (Å²) in [6.45, 7) is 5.18. The molecule has 0 fully saturated rings. The first-order valence-corrected chi connectivity index (χ1v) is 16.4. The number of aliphatic hydroxyl groups is 9. The van der Waals surface area contributed by atoms with Crippen LogP contribution >= 0.6 is 0 Å². The van der Waals surface area contributed by atoms with Crippen LogP contribution in [0.5, 0.6) is 0 Å². The summed E-state index contributed by atoms with van der Waals surface area (Å²) >= 11 is 0. The number of carbonyl (C=O) groups excluding carboxylic acids is 1. The molecule has 1 aliphatic rings. The van der Waals surface area contributed by atoms with E-state index in [9.17, 15) is 50.8 Å². The molecule has 1 heterocycles. The monoisotopic (exact) mass is 654 g/mol. The van der Waals surface area contributed by atoms with Crippen molar-refractivity contribution in [3.05, 3.63) is 60.3 Å². The highest BCUT2D eigenvalue weighted by Crippen LogP contribution is 2.24. The van der Waals surface area contributed by atoms with Crippen molar-refractivity contribution in [2.24, 2.45) is 5.92 Å². The topological polar surface area (TPSA) is 208 Å². The molecule has 11 nitrogen and oxygen atoms in total. The number of allylic oxidation sites excluding steroid dienone is 8. The third kappa shape index (κ3) is 17.7. The molecule has 9 N–H and O–H groups in total. The number of aliphatic hydroxyl groups excluding tert-OH is 9. The summed E-state index contributed by atoms with van der Waals surface area (Å²) in [6.07, 6.45) is 4.69. The van der Waals surface area contributed by atoms with Gasteiger partial charge in [0.25, 0.3) is 0 Å². The fourth-order valence-corrected chi connectivity index (χ4v) is 5.27. The lowest BCUT2D eigenvalue weighted by Gasteiger charge is -2.29. The van der Waals surface area contributed by atoms with Crippen LogP contribution in [-0.2, 0) is 9.53 Å². The number of rotatable bonds is 5. The first-order valence-electron chi connectivity index (χ1n) is 16.4. The molecule has 0 saturated heterocycles. The normalized spacial score (nSPS) is 38.6. The van der Waals surface area contributed by atoms with Gasteiger partial charge >= 0.3 is 5.97 Å². The lowest BCUT2D eigenvalue weighted by Crippen LogP contribution is -2.43. The zero-order valence-corrected chi connectivity index (χ0v) is 27.5. The Labute approximate surface area is 273 Å². The Morgan fingerprint density at radius 2 is 1.20 bits per heavy atom. The highest BCUT2D eigenvalue weighted by molar-refractivity contribution is 5.74. The number of ether oxygens (including phenoxy) is 1. The van der Waals surface area contributed by atoms with E-state index in [0.29, 0.717) is 12.0 Å². The molecule has 0 aromatic rings. The second-order valence-electron chi connectivity index (χ2n) is 12.4. The molecule has 11 heteroatoms. The van der Waals surface area contributed by atoms with E-state index in [0.717, 1.165) is 12.8 Å². The van der Waals surface area contributed by atoms with Crippen molar-refractivity contribution < 1.29 is 55.5 Å². The van der Waals surface area contributed by atoms with Gasteiger partial charge in [0.1, 0.15) is 18.1 Å². The van der Waals surface area contributed by atoms with Gasteiger partial charge < -0.3 is 50.7 Å². The minimum absolute atomic E-state index is 0.0162. The van der Waals surface area contributed by atoms with E-state index < -0.39 is 72.9 Å². The van der Waals surface area contributed by atoms with Crippen LogP contribution in [0.25, 0.3) is 0 Å². The van der Waals surface area contributed by atoms with Crippen molar-refractivity contribution in [1.82, 2.24) is 0 Å². The molecule has 0 aliphatic carbocycles. The fourth-order valence-electron chi connectivity index (χ4n) is 5.27. The molecule has 0 bridgehead atoms. The molecule has 264 valence electrons. The maximum Gasteiger partial charge on any atom is 0.314 e. The van der Waals surface area contributed by atoms with E-state index in [2.05, 4.69) is 0 Å². The summed E-state index contributed by atoms with van der Waals surface area (Å²) in [7, 11) is 0. The Balaban J connectivity index is 3.14. The number of cyclic esters (lactones) is 1. The third-order valence-electron chi connectivity index (χ3n) is 8.03. The maximum atomic E-state index is 13.1. The lowest BCUT2D eigenvalue weighted by molar-refractivity contribution is -0.168. The minimum Gasteiger partial charge on any atom is -0.459 e. The zero-order valence-electron chi connectivity index (χ0n) is 27.5. The molecule has 0 unspecified atom stereocenters. The van der Waals surface area contributed by atoms with Crippen LogP contribution in [0.15, 0.2) is 60.3 Å². The predicted octanol–water partition coefficient (Wildman–Crippen LogP) is 1.89. The molecular formula is C35H58O11. The Morgan fingerprint density at radius 3 is 1.74 bits per heavy atom. The average molecular weight is 655 g/mol. The molecule has 0 amide bonds. The van der Waals surface area contributed by atoms with Crippen LogP contribution in [0.3, 0.4) is 0 Å². The highest BCUT2D eigenvalue weighted by Gasteiger charge is 2.37. The van der Waals surface area contributed by atoms with E-state index in [-0.39, 0.29) is 44.9 Å². The van der Waals surface area contributed by atoms with Crippen LogP contribution < -0.4 is 0 Å². The van der Waals surface area contributed by atoms with Gasteiger partial charge in [-0.2, -0.15) is 0 Å². The SMILES string of the molecule is CCCCC[C@H](O)[C@H]1C(=O)O[C@H](C)[C@@H](O)/C=C/C=C/C=C/C=C/C=C(/C)[C@@H](O)C[C@@H](O)C[C@H](O)C[C@H](O)C[C@H](O)C[C@H](O)C[C@@H]1O. The van der Waals surface area contributed by atoms with Crippen LogP contribution in [0.2, 0.25) is 0 Å². The maximum absolute atomic E-state index is 13.1. The van der Waals surface area contributed by atoms with Crippen LogP contribution in [0.1, 0.15) is 85.0 Å². The molecular weight excluding hydrogens is 596 g/mol. The van der Waals surface area contributed by atoms with Gasteiger partial charge in [-0.15, -0.1) is 0 Å². The second kappa shape index (κ2) is 23.2. The van der Waals surface area contributed by atoms with E-state index in [1.807, 2.05) is 6.92 Å². The first kappa shape index (κ1) is 41.8. The summed E-state index contributed by atoms with van der Waals surface area (Å²) in [5.74, 6) is -2.33. The fraction of sp³-hybridized carbons (Fsp3) is 0.686. The molecule has 46 heavy (non-hydrogen) atoms. The van der Waals surface area contributed by atoms with Gasteiger partial charge in [0.2, 0.25) is 0 Å². The van der Waals surface area contributed by atoms with Crippen molar-refractivity contribution in [2.45, 2.75) is 146 Å². The number of carbonyl (C=O) groups is 1. The van der Waals surface area contributed by atoms with Crippen LogP contribution in [0.4, 0.5) is 0 Å². The summed E-state index contributed by atoms with van der Waals surface area (Å²) in [4.78, 5) is 13.1. The first-order chi connectivity index (χ1) is 21.7. The standard InChI is InChI=1S/C35H58O11/c1-4-5-11-16-31(42)34-33(44)22-29(40)20-27(38)18-25(36)17-26(37)19-28(39)21-32(43)23(2)14-12-9-7-6-8-10-13-15-30(41)24(3)46-35(34)45/h6-10,12-15,24-34,36-44H,4-5,11,16-22H2,1-3H3/b7-6+,10-8+,12-9+,15-13+,23-14-/t24-,25+,26-,27+,28+,29+,30+,31+,32+,33+,34-/m1/s1. The van der Waals surface area contributed by atoms with Crippen molar-refractivity contribution in [2.75, 3.05) is 0 Å². The van der Waals surface area contributed by atoms with Crippen molar-refractivity contribution in [3.8, 4) is 0 Å². The Morgan fingerprint density at radius 1 is 0.717 bits per heavy atom. The summed E-state index contributed by atoms with van der Waals surface area (Å²) in [5.41, 5.74) is 0.609. The third-order valence-corrected chi connectivity index (χ3v) is 8.03. The summed E-state index contributed by atoms with van der Waals surface area (Å²) in [6, 6.07) is 0. The number of esters is 1. The second-order valence-corrected chi connectivity index (χ2v) is 12.4. The highest BCUT2D eigenvalue weighted by atomic mass is 16.6. The van der Waals surface area contributed by atoms with E-state index >= 15 is 0 Å². The van der Waals surface area contributed by atoms with Crippen LogP contribution in [0, 0.1) is 5.92 Å². The van der Waals surface area contributed by atoms with Gasteiger partial charge in [-0.1, -0.05) is 80.9 Å². The smallest absolute Gasteiger partial charge is 0.314 e. The molecule has 0 radical (unpaired) electrons. The molecule has 0 saturated carbocycles. The van der Waals surface area contributed by atoms with Gasteiger partial charge in [0, 0.05) is 12.8 Å². The van der Waals surface area contributed by atoms with Gasteiger partial charge in [-0.3, -0.25) is 4.79 Å². The van der Waals surface area contributed by atoms with Crippen molar-refractivity contribution in [1.29, 1.82) is 0 Å². The van der Waals surface area contributed by atoms with Crippen molar-refractivity contribution >= 4 is 5.97 Å². The molecule has 1 aliphatic heterocycles. The van der Waals surface area contributed by atoms with Gasteiger partial charge in [0.15, 0.2) is 0 Å². The Hall–Kier alpha value is -2.19. The number of hydrogen-bond donors (Lipinski definition) is 9. The summed E-state index contributed by atoms with van der Waals surface area (Å²) in [5, 5.41) is 94.8. The van der Waals surface area contributed by atoms with E-state index in [4.69, 9.17) is 4.74 Å². The zero-order chi connectivity index (χ0) is 34.6. The van der Waals surface area contributed by atoms with Gasteiger partial charge in [-0.25, -0.2) is 0 Å². The largest absolute Gasteiger partial charge is 0.459 e. The molecule has 0 aromatic carbocycles. The Bertz CT molecular complexity index is 991. The molecule has 0 aromatic heterocycles. The minimum atomic E-state index is -1.52. The van der Waals surface area contributed by atoms with Gasteiger partial charge in [0.05, 0.1) is 48.8 Å². The van der Waals surface area contributed by atoms with E-state index in [1.54, 1.807) is 55.5 Å².